The second-order valence-electron chi connectivity index (χ2n) is 5.69. The molecule has 23 heavy (non-hydrogen) atoms. The van der Waals surface area contributed by atoms with E-state index in [1.54, 1.807) is 0 Å². The number of carbonyl (C=O) groups is 1. The van der Waals surface area contributed by atoms with Crippen LogP contribution >= 0.6 is 0 Å². The molecule has 1 aromatic rings. The lowest BCUT2D eigenvalue weighted by atomic mass is 10.1. The van der Waals surface area contributed by atoms with Gasteiger partial charge in [-0.15, -0.1) is 0 Å². The van der Waals surface area contributed by atoms with Gasteiger partial charge in [-0.25, -0.2) is 4.79 Å². The molecule has 1 aromatic carbocycles. The number of nitrogens with one attached hydrogen (secondary N) is 1. The fraction of sp³-hybridized carbons (Fsp3) is 0.588. The second kappa shape index (κ2) is 10.6. The van der Waals surface area contributed by atoms with Crippen molar-refractivity contribution < 1.29 is 14.8 Å². The van der Waals surface area contributed by atoms with Gasteiger partial charge in [0.05, 0.1) is 10.5 Å². The third-order valence-electron chi connectivity index (χ3n) is 3.79. The summed E-state index contributed by atoms with van der Waals surface area (Å²) < 4.78 is 0. The van der Waals surface area contributed by atoms with Crippen LogP contribution in [0.2, 0.25) is 0 Å². The van der Waals surface area contributed by atoms with E-state index in [0.29, 0.717) is 12.2 Å². The molecule has 0 radical (unpaired) electrons. The number of nitro groups is 1. The molecule has 0 amide bonds. The SMILES string of the molecule is CCCCCCCCCCNc1ccc([N+](=O)[O-])cc1C(=O)O. The average Bonchev–Trinajstić information content (AvgIpc) is 2.53. The Kier molecular flexibility index (Phi) is 8.72. The van der Waals surface area contributed by atoms with Crippen molar-refractivity contribution in [3.63, 3.8) is 0 Å². The lowest BCUT2D eigenvalue weighted by Gasteiger charge is -2.09. The molecule has 0 saturated carbocycles. The zero-order valence-electron chi connectivity index (χ0n) is 13.7. The predicted molar refractivity (Wildman–Crippen MR) is 91.2 cm³/mol. The zero-order chi connectivity index (χ0) is 17.1. The van der Waals surface area contributed by atoms with Gasteiger partial charge in [0.1, 0.15) is 0 Å². The van der Waals surface area contributed by atoms with E-state index in [1.807, 2.05) is 0 Å². The van der Waals surface area contributed by atoms with Crippen molar-refractivity contribution in [1.29, 1.82) is 0 Å². The molecule has 1 rings (SSSR count). The number of non-ortho nitro benzene ring substituents is 1. The van der Waals surface area contributed by atoms with Gasteiger partial charge in [0.2, 0.25) is 0 Å². The Labute approximate surface area is 137 Å². The number of unbranched alkanes of at least 4 members (excludes halogenated alkanes) is 7. The fourth-order valence-corrected chi connectivity index (χ4v) is 2.46. The van der Waals surface area contributed by atoms with Gasteiger partial charge in [0, 0.05) is 24.4 Å². The summed E-state index contributed by atoms with van der Waals surface area (Å²) in [4.78, 5) is 21.3. The molecule has 128 valence electrons. The number of carboxylic acids is 1. The summed E-state index contributed by atoms with van der Waals surface area (Å²) in [5, 5.41) is 22.9. The molecule has 0 aromatic heterocycles. The van der Waals surface area contributed by atoms with E-state index in [9.17, 15) is 14.9 Å². The molecule has 0 saturated heterocycles. The Hall–Kier alpha value is -2.11. The molecule has 0 fully saturated rings. The molecule has 0 spiro atoms. The monoisotopic (exact) mass is 322 g/mol. The highest BCUT2D eigenvalue weighted by molar-refractivity contribution is 5.95. The van der Waals surface area contributed by atoms with Gasteiger partial charge in [0.15, 0.2) is 0 Å². The fourth-order valence-electron chi connectivity index (χ4n) is 2.46. The normalized spacial score (nSPS) is 10.5. The molecule has 2 N–H and O–H groups in total. The van der Waals surface area contributed by atoms with Gasteiger partial charge in [-0.2, -0.15) is 0 Å². The Morgan fingerprint density at radius 3 is 2.30 bits per heavy atom. The Balaban J connectivity index is 2.34. The maximum absolute atomic E-state index is 11.2. The minimum atomic E-state index is -1.16. The number of benzene rings is 1. The Morgan fingerprint density at radius 2 is 1.74 bits per heavy atom. The van der Waals surface area contributed by atoms with Crippen LogP contribution < -0.4 is 5.32 Å². The largest absolute Gasteiger partial charge is 0.478 e. The van der Waals surface area contributed by atoms with E-state index < -0.39 is 10.9 Å². The molecule has 0 unspecified atom stereocenters. The molecule has 0 atom stereocenters. The lowest BCUT2D eigenvalue weighted by Crippen LogP contribution is -2.08. The first-order chi connectivity index (χ1) is 11.1. The smallest absolute Gasteiger partial charge is 0.338 e. The summed E-state index contributed by atoms with van der Waals surface area (Å²) in [5.74, 6) is -1.16. The summed E-state index contributed by atoms with van der Waals surface area (Å²) in [6.45, 7) is 2.88. The maximum atomic E-state index is 11.2. The Morgan fingerprint density at radius 1 is 1.13 bits per heavy atom. The number of hydrogen-bond donors (Lipinski definition) is 2. The lowest BCUT2D eigenvalue weighted by molar-refractivity contribution is -0.384. The van der Waals surface area contributed by atoms with Crippen LogP contribution in [0.25, 0.3) is 0 Å². The van der Waals surface area contributed by atoms with E-state index in [1.165, 1.54) is 50.7 Å². The van der Waals surface area contributed by atoms with Crippen molar-refractivity contribution in [2.75, 3.05) is 11.9 Å². The molecular formula is C17H26N2O4. The van der Waals surface area contributed by atoms with Crippen molar-refractivity contribution >= 4 is 17.3 Å². The minimum Gasteiger partial charge on any atom is -0.478 e. The summed E-state index contributed by atoms with van der Waals surface area (Å²) in [5.41, 5.74) is 0.171. The van der Waals surface area contributed by atoms with Crippen LogP contribution in [0.1, 0.15) is 68.6 Å². The number of aromatic carboxylic acids is 1. The molecule has 0 aliphatic rings. The van der Waals surface area contributed by atoms with Crippen LogP contribution in [0.5, 0.6) is 0 Å². The van der Waals surface area contributed by atoms with Crippen LogP contribution in [-0.2, 0) is 0 Å². The Bertz CT molecular complexity index is 517. The van der Waals surface area contributed by atoms with E-state index in [0.717, 1.165) is 18.9 Å². The van der Waals surface area contributed by atoms with Crippen molar-refractivity contribution in [2.24, 2.45) is 0 Å². The number of nitro benzene ring substituents is 1. The summed E-state index contributed by atoms with van der Waals surface area (Å²) in [6, 6.07) is 3.88. The number of carboxylic acid groups (broad SMARTS) is 1. The van der Waals surface area contributed by atoms with E-state index >= 15 is 0 Å². The van der Waals surface area contributed by atoms with Crippen LogP contribution in [0.3, 0.4) is 0 Å². The van der Waals surface area contributed by atoms with Crippen LogP contribution in [0, 0.1) is 10.1 Å². The zero-order valence-corrected chi connectivity index (χ0v) is 13.7. The molecular weight excluding hydrogens is 296 g/mol. The first kappa shape index (κ1) is 18.9. The molecule has 6 nitrogen and oxygen atoms in total. The number of nitrogens with zero attached hydrogens (tertiary/aromatic N) is 1. The van der Waals surface area contributed by atoms with Crippen molar-refractivity contribution in [2.45, 2.75) is 58.3 Å². The standard InChI is InChI=1S/C17H26N2O4/c1-2-3-4-5-6-7-8-9-12-18-16-11-10-14(19(22)23)13-15(16)17(20)21/h10-11,13,18H,2-9,12H2,1H3,(H,20,21). The van der Waals surface area contributed by atoms with Crippen LogP contribution in [-0.4, -0.2) is 22.5 Å². The first-order valence-corrected chi connectivity index (χ1v) is 8.32. The summed E-state index contributed by atoms with van der Waals surface area (Å²) in [6.07, 6.45) is 9.66. The van der Waals surface area contributed by atoms with Gasteiger partial charge in [0.25, 0.3) is 5.69 Å². The van der Waals surface area contributed by atoms with Crippen molar-refractivity contribution in [3.05, 3.63) is 33.9 Å². The van der Waals surface area contributed by atoms with Crippen molar-refractivity contribution in [1.82, 2.24) is 0 Å². The number of rotatable bonds is 12. The summed E-state index contributed by atoms with van der Waals surface area (Å²) in [7, 11) is 0. The molecule has 0 bridgehead atoms. The molecule has 6 heteroatoms. The topological polar surface area (TPSA) is 92.5 Å². The van der Waals surface area contributed by atoms with E-state index in [4.69, 9.17) is 5.11 Å². The van der Waals surface area contributed by atoms with Gasteiger partial charge in [-0.05, 0) is 12.5 Å². The summed E-state index contributed by atoms with van der Waals surface area (Å²) >= 11 is 0. The minimum absolute atomic E-state index is 0.0567. The first-order valence-electron chi connectivity index (χ1n) is 8.32. The van der Waals surface area contributed by atoms with Gasteiger partial charge in [-0.1, -0.05) is 51.9 Å². The van der Waals surface area contributed by atoms with Crippen LogP contribution in [0.4, 0.5) is 11.4 Å². The maximum Gasteiger partial charge on any atom is 0.338 e. The number of hydrogen-bond acceptors (Lipinski definition) is 4. The van der Waals surface area contributed by atoms with E-state index in [2.05, 4.69) is 12.2 Å². The molecule has 0 aliphatic carbocycles. The highest BCUT2D eigenvalue weighted by atomic mass is 16.6. The highest BCUT2D eigenvalue weighted by Gasteiger charge is 2.15. The average molecular weight is 322 g/mol. The van der Waals surface area contributed by atoms with Gasteiger partial charge < -0.3 is 10.4 Å². The third-order valence-corrected chi connectivity index (χ3v) is 3.79. The number of anilines is 1. The highest BCUT2D eigenvalue weighted by Crippen LogP contribution is 2.22. The van der Waals surface area contributed by atoms with Crippen LogP contribution in [0.15, 0.2) is 18.2 Å². The van der Waals surface area contributed by atoms with Gasteiger partial charge in [-0.3, -0.25) is 10.1 Å². The predicted octanol–water partition coefficient (Wildman–Crippen LogP) is 4.85. The quantitative estimate of drug-likeness (QED) is 0.326. The van der Waals surface area contributed by atoms with Crippen molar-refractivity contribution in [3.8, 4) is 0 Å². The van der Waals surface area contributed by atoms with E-state index in [-0.39, 0.29) is 11.3 Å². The van der Waals surface area contributed by atoms with Gasteiger partial charge >= 0.3 is 5.97 Å². The second-order valence-corrected chi connectivity index (χ2v) is 5.69. The molecule has 0 aliphatic heterocycles. The third kappa shape index (κ3) is 7.13. The molecule has 0 heterocycles.